The Morgan fingerprint density at radius 1 is 1.44 bits per heavy atom. The zero-order valence-corrected chi connectivity index (χ0v) is 10.4. The van der Waals surface area contributed by atoms with Gasteiger partial charge in [-0.25, -0.2) is 12.8 Å². The lowest BCUT2D eigenvalue weighted by Crippen LogP contribution is -2.30. The molecule has 0 unspecified atom stereocenters. The molecule has 6 heteroatoms. The molecule has 0 N–H and O–H groups in total. The molecule has 88 valence electrons. The molecule has 0 bridgehead atoms. The number of hydrogen-bond acceptors (Lipinski definition) is 3. The average Bonchev–Trinajstić information content (AvgIpc) is 2.39. The highest BCUT2D eigenvalue weighted by atomic mass is 32.2. The van der Waals surface area contributed by atoms with E-state index in [2.05, 4.69) is 0 Å². The summed E-state index contributed by atoms with van der Waals surface area (Å²) in [5, 5.41) is 0. The van der Waals surface area contributed by atoms with E-state index in [4.69, 9.17) is 0 Å². The van der Waals surface area contributed by atoms with E-state index < -0.39 is 10.0 Å². The van der Waals surface area contributed by atoms with Gasteiger partial charge in [0.25, 0.3) is 0 Å². The van der Waals surface area contributed by atoms with Crippen molar-refractivity contribution in [2.24, 2.45) is 0 Å². The molecule has 1 heterocycles. The van der Waals surface area contributed by atoms with Crippen molar-refractivity contribution >= 4 is 21.8 Å². The fourth-order valence-corrected chi connectivity index (χ4v) is 3.57. The topological polar surface area (TPSA) is 37.4 Å². The summed E-state index contributed by atoms with van der Waals surface area (Å²) in [4.78, 5) is 0.839. The van der Waals surface area contributed by atoms with Gasteiger partial charge in [-0.2, -0.15) is 4.31 Å². The van der Waals surface area contributed by atoms with Gasteiger partial charge in [0, 0.05) is 29.3 Å². The maximum atomic E-state index is 13.6. The van der Waals surface area contributed by atoms with E-state index in [0.29, 0.717) is 17.9 Å². The van der Waals surface area contributed by atoms with Crippen LogP contribution in [0.3, 0.4) is 0 Å². The molecule has 1 aliphatic heterocycles. The summed E-state index contributed by atoms with van der Waals surface area (Å²) in [5.41, 5.74) is 0.482. The molecule has 0 fully saturated rings. The number of benzene rings is 1. The number of nitrogens with zero attached hydrogens (tertiary/aromatic N) is 1. The first-order chi connectivity index (χ1) is 7.48. The van der Waals surface area contributed by atoms with Crippen LogP contribution in [0.2, 0.25) is 0 Å². The summed E-state index contributed by atoms with van der Waals surface area (Å²) >= 11 is 1.50. The van der Waals surface area contributed by atoms with Gasteiger partial charge in [-0.15, -0.1) is 11.8 Å². The minimum Gasteiger partial charge on any atom is -0.212 e. The Kier molecular flexibility index (Phi) is 3.23. The van der Waals surface area contributed by atoms with Gasteiger partial charge in [-0.05, 0) is 12.1 Å². The third-order valence-electron chi connectivity index (χ3n) is 2.48. The van der Waals surface area contributed by atoms with E-state index in [9.17, 15) is 12.8 Å². The third kappa shape index (κ3) is 2.39. The second kappa shape index (κ2) is 4.35. The van der Waals surface area contributed by atoms with Crippen molar-refractivity contribution in [1.29, 1.82) is 0 Å². The Morgan fingerprint density at radius 3 is 2.88 bits per heavy atom. The third-order valence-corrected chi connectivity index (χ3v) is 4.81. The summed E-state index contributed by atoms with van der Waals surface area (Å²) in [6.07, 6.45) is 1.16. The lowest BCUT2D eigenvalue weighted by Gasteiger charge is -2.17. The monoisotopic (exact) mass is 261 g/mol. The minimum atomic E-state index is -3.26. The molecule has 1 aromatic carbocycles. The summed E-state index contributed by atoms with van der Waals surface area (Å²) in [6, 6.07) is 4.84. The number of halogens is 1. The first-order valence-corrected chi connectivity index (χ1v) is 7.67. The van der Waals surface area contributed by atoms with Crippen molar-refractivity contribution in [1.82, 2.24) is 4.31 Å². The van der Waals surface area contributed by atoms with Crippen molar-refractivity contribution in [2.75, 3.05) is 18.6 Å². The summed E-state index contributed by atoms with van der Waals surface area (Å²) in [5.74, 6) is 0.323. The van der Waals surface area contributed by atoms with E-state index in [0.717, 1.165) is 11.2 Å². The lowest BCUT2D eigenvalue weighted by molar-refractivity contribution is 0.421. The second-order valence-electron chi connectivity index (χ2n) is 3.66. The van der Waals surface area contributed by atoms with Crippen molar-refractivity contribution in [3.05, 3.63) is 29.6 Å². The summed E-state index contributed by atoms with van der Waals surface area (Å²) in [6.45, 7) is 0.561. The van der Waals surface area contributed by atoms with Gasteiger partial charge in [0.05, 0.1) is 6.26 Å². The van der Waals surface area contributed by atoms with Crippen molar-refractivity contribution in [2.45, 2.75) is 11.4 Å². The Bertz CT molecular complexity index is 502. The maximum Gasteiger partial charge on any atom is 0.211 e. The van der Waals surface area contributed by atoms with E-state index in [1.807, 2.05) is 6.07 Å². The normalized spacial score (nSPS) is 17.9. The maximum absolute atomic E-state index is 13.6. The van der Waals surface area contributed by atoms with Crippen LogP contribution in [-0.2, 0) is 16.6 Å². The zero-order valence-electron chi connectivity index (χ0n) is 8.81. The van der Waals surface area contributed by atoms with Gasteiger partial charge >= 0.3 is 0 Å². The SMILES string of the molecule is CS(=O)(=O)N1CCSc2cccc(F)c2C1. The van der Waals surface area contributed by atoms with Crippen molar-refractivity contribution in [3.8, 4) is 0 Å². The van der Waals surface area contributed by atoms with Crippen LogP contribution in [0.4, 0.5) is 4.39 Å². The van der Waals surface area contributed by atoms with Gasteiger partial charge in [-0.3, -0.25) is 0 Å². The molecule has 0 saturated carbocycles. The van der Waals surface area contributed by atoms with E-state index in [1.165, 1.54) is 22.1 Å². The Balaban J connectivity index is 2.41. The second-order valence-corrected chi connectivity index (χ2v) is 6.78. The van der Waals surface area contributed by atoms with Gasteiger partial charge in [-0.1, -0.05) is 6.07 Å². The van der Waals surface area contributed by atoms with Crippen molar-refractivity contribution < 1.29 is 12.8 Å². The molecule has 0 spiro atoms. The fourth-order valence-electron chi connectivity index (χ4n) is 1.62. The molecule has 2 rings (SSSR count). The number of fused-ring (bicyclic) bond motifs is 1. The lowest BCUT2D eigenvalue weighted by atomic mass is 10.2. The Labute approximate surface area is 98.7 Å². The smallest absolute Gasteiger partial charge is 0.211 e. The largest absolute Gasteiger partial charge is 0.212 e. The first kappa shape index (κ1) is 11.9. The van der Waals surface area contributed by atoms with Crippen LogP contribution in [0, 0.1) is 5.82 Å². The van der Waals surface area contributed by atoms with Crippen LogP contribution in [0.15, 0.2) is 23.1 Å². The molecule has 0 amide bonds. The quantitative estimate of drug-likeness (QED) is 0.772. The van der Waals surface area contributed by atoms with Crippen LogP contribution in [0.5, 0.6) is 0 Å². The van der Waals surface area contributed by atoms with E-state index >= 15 is 0 Å². The number of hydrogen-bond donors (Lipinski definition) is 0. The Hall–Kier alpha value is -0.590. The van der Waals surface area contributed by atoms with Crippen LogP contribution in [-0.4, -0.2) is 31.3 Å². The fraction of sp³-hybridized carbons (Fsp3) is 0.400. The first-order valence-electron chi connectivity index (χ1n) is 4.84. The molecule has 0 aliphatic carbocycles. The highest BCUT2D eigenvalue weighted by Crippen LogP contribution is 2.29. The molecule has 3 nitrogen and oxygen atoms in total. The molecule has 0 radical (unpaired) electrons. The van der Waals surface area contributed by atoms with E-state index in [-0.39, 0.29) is 12.4 Å². The van der Waals surface area contributed by atoms with Gasteiger partial charge in [0.15, 0.2) is 0 Å². The van der Waals surface area contributed by atoms with Crippen LogP contribution in [0.25, 0.3) is 0 Å². The van der Waals surface area contributed by atoms with Gasteiger partial charge in [0.1, 0.15) is 5.82 Å². The number of rotatable bonds is 1. The number of thioether (sulfide) groups is 1. The molecular weight excluding hydrogens is 249 g/mol. The average molecular weight is 261 g/mol. The molecule has 0 atom stereocenters. The van der Waals surface area contributed by atoms with Crippen LogP contribution < -0.4 is 0 Å². The zero-order chi connectivity index (χ0) is 11.8. The standard InChI is InChI=1S/C10H12FNO2S2/c1-16(13,14)12-5-6-15-10-4-2-3-9(11)8(10)7-12/h2-4H,5-7H2,1H3. The van der Waals surface area contributed by atoms with Crippen molar-refractivity contribution in [3.63, 3.8) is 0 Å². The molecule has 16 heavy (non-hydrogen) atoms. The number of sulfonamides is 1. The minimum absolute atomic E-state index is 0.133. The Morgan fingerprint density at radius 2 is 2.19 bits per heavy atom. The predicted octanol–water partition coefficient (Wildman–Crippen LogP) is 1.69. The molecule has 1 aromatic rings. The highest BCUT2D eigenvalue weighted by molar-refractivity contribution is 7.99. The van der Waals surface area contributed by atoms with Crippen LogP contribution in [0.1, 0.15) is 5.56 Å². The van der Waals surface area contributed by atoms with E-state index in [1.54, 1.807) is 6.07 Å². The molecular formula is C10H12FNO2S2. The highest BCUT2D eigenvalue weighted by Gasteiger charge is 2.23. The predicted molar refractivity (Wildman–Crippen MR) is 62.4 cm³/mol. The summed E-state index contributed by atoms with van der Waals surface area (Å²) < 4.78 is 37.8. The van der Waals surface area contributed by atoms with Crippen LogP contribution >= 0.6 is 11.8 Å². The molecule has 0 aromatic heterocycles. The molecule has 0 saturated heterocycles. The molecule has 1 aliphatic rings. The van der Waals surface area contributed by atoms with Gasteiger partial charge in [0.2, 0.25) is 10.0 Å². The summed E-state index contributed by atoms with van der Waals surface area (Å²) in [7, 11) is -3.26. The van der Waals surface area contributed by atoms with Gasteiger partial charge < -0.3 is 0 Å².